The van der Waals surface area contributed by atoms with Crippen molar-refractivity contribution in [3.63, 3.8) is 0 Å². The number of rotatable bonds is 4. The standard InChI is InChI=1S/C18H37N3/c1-6-16-12-19-17(18(3,4)5)14-21(16)13-15-8-10-20(7-2)11-9-15/h15-17,19H,6-14H2,1-5H3. The van der Waals surface area contributed by atoms with Crippen LogP contribution < -0.4 is 5.32 Å². The van der Waals surface area contributed by atoms with Gasteiger partial charge in [0, 0.05) is 31.7 Å². The lowest BCUT2D eigenvalue weighted by Crippen LogP contribution is -2.61. The Morgan fingerprint density at radius 1 is 1.10 bits per heavy atom. The summed E-state index contributed by atoms with van der Waals surface area (Å²) < 4.78 is 0. The SMILES string of the molecule is CCC1CNC(C(C)(C)C)CN1CC1CCN(CC)CC1. The summed E-state index contributed by atoms with van der Waals surface area (Å²) in [6.45, 7) is 19.3. The molecule has 124 valence electrons. The Balaban J connectivity index is 1.89. The molecule has 0 amide bonds. The van der Waals surface area contributed by atoms with Gasteiger partial charge in [0.1, 0.15) is 0 Å². The van der Waals surface area contributed by atoms with Crippen LogP contribution >= 0.6 is 0 Å². The third kappa shape index (κ3) is 4.67. The molecule has 2 aliphatic rings. The lowest BCUT2D eigenvalue weighted by atomic mass is 9.84. The van der Waals surface area contributed by atoms with E-state index in [1.807, 2.05) is 0 Å². The second-order valence-electron chi connectivity index (χ2n) is 8.22. The van der Waals surface area contributed by atoms with Crippen molar-refractivity contribution in [2.45, 2.75) is 66.0 Å². The number of hydrogen-bond acceptors (Lipinski definition) is 3. The average molecular weight is 296 g/mol. The zero-order chi connectivity index (χ0) is 15.5. The molecule has 0 saturated carbocycles. The van der Waals surface area contributed by atoms with Gasteiger partial charge in [-0.3, -0.25) is 4.90 Å². The molecule has 1 N–H and O–H groups in total. The Morgan fingerprint density at radius 2 is 1.76 bits per heavy atom. The van der Waals surface area contributed by atoms with Crippen LogP contribution in [0.3, 0.4) is 0 Å². The van der Waals surface area contributed by atoms with Crippen molar-refractivity contribution < 1.29 is 0 Å². The molecule has 2 saturated heterocycles. The van der Waals surface area contributed by atoms with E-state index in [0.717, 1.165) is 12.0 Å². The molecule has 2 fully saturated rings. The van der Waals surface area contributed by atoms with Gasteiger partial charge >= 0.3 is 0 Å². The topological polar surface area (TPSA) is 18.5 Å². The molecule has 0 aromatic heterocycles. The first-order chi connectivity index (χ1) is 9.94. The maximum absolute atomic E-state index is 3.79. The maximum Gasteiger partial charge on any atom is 0.0244 e. The number of piperidine rings is 1. The van der Waals surface area contributed by atoms with Crippen LogP contribution in [0.1, 0.15) is 53.9 Å². The van der Waals surface area contributed by atoms with Crippen molar-refractivity contribution in [1.82, 2.24) is 15.1 Å². The Labute approximate surface area is 132 Å². The third-order valence-electron chi connectivity index (χ3n) is 5.70. The normalized spacial score (nSPS) is 30.7. The molecule has 2 aliphatic heterocycles. The van der Waals surface area contributed by atoms with Crippen LogP contribution in [-0.2, 0) is 0 Å². The highest BCUT2D eigenvalue weighted by molar-refractivity contribution is 4.92. The summed E-state index contributed by atoms with van der Waals surface area (Å²) in [5.41, 5.74) is 0.364. The van der Waals surface area contributed by atoms with Crippen molar-refractivity contribution in [3.05, 3.63) is 0 Å². The van der Waals surface area contributed by atoms with Crippen LogP contribution in [0.2, 0.25) is 0 Å². The molecule has 2 heterocycles. The van der Waals surface area contributed by atoms with Crippen LogP contribution in [0, 0.1) is 11.3 Å². The number of likely N-dealkylation sites (tertiary alicyclic amines) is 1. The molecule has 0 radical (unpaired) electrons. The van der Waals surface area contributed by atoms with Crippen LogP contribution in [0.25, 0.3) is 0 Å². The fourth-order valence-electron chi connectivity index (χ4n) is 3.88. The molecule has 2 rings (SSSR count). The summed E-state index contributed by atoms with van der Waals surface area (Å²) in [4.78, 5) is 5.40. The highest BCUT2D eigenvalue weighted by atomic mass is 15.2. The fourth-order valence-corrected chi connectivity index (χ4v) is 3.88. The molecular formula is C18H37N3. The number of nitrogens with one attached hydrogen (secondary N) is 1. The van der Waals surface area contributed by atoms with Crippen molar-refractivity contribution >= 4 is 0 Å². The summed E-state index contributed by atoms with van der Waals surface area (Å²) in [6, 6.07) is 1.38. The predicted molar refractivity (Wildman–Crippen MR) is 91.7 cm³/mol. The van der Waals surface area contributed by atoms with E-state index in [4.69, 9.17) is 0 Å². The smallest absolute Gasteiger partial charge is 0.0244 e. The minimum atomic E-state index is 0.364. The van der Waals surface area contributed by atoms with Gasteiger partial charge < -0.3 is 10.2 Å². The number of nitrogens with zero attached hydrogens (tertiary/aromatic N) is 2. The first-order valence-corrected chi connectivity index (χ1v) is 9.13. The fraction of sp³-hybridized carbons (Fsp3) is 1.00. The molecule has 2 atom stereocenters. The van der Waals surface area contributed by atoms with Gasteiger partial charge in [0.2, 0.25) is 0 Å². The minimum absolute atomic E-state index is 0.364. The van der Waals surface area contributed by atoms with Crippen LogP contribution in [0.15, 0.2) is 0 Å². The molecule has 0 aromatic carbocycles. The largest absolute Gasteiger partial charge is 0.311 e. The van der Waals surface area contributed by atoms with Gasteiger partial charge in [-0.1, -0.05) is 34.6 Å². The molecule has 3 nitrogen and oxygen atoms in total. The lowest BCUT2D eigenvalue weighted by Gasteiger charge is -2.46. The first kappa shape index (κ1) is 17.2. The monoisotopic (exact) mass is 295 g/mol. The second kappa shape index (κ2) is 7.43. The zero-order valence-corrected chi connectivity index (χ0v) is 15.0. The van der Waals surface area contributed by atoms with Gasteiger partial charge in [-0.25, -0.2) is 0 Å². The van der Waals surface area contributed by atoms with Crippen molar-refractivity contribution in [3.8, 4) is 0 Å². The van der Waals surface area contributed by atoms with Gasteiger partial charge in [0.25, 0.3) is 0 Å². The summed E-state index contributed by atoms with van der Waals surface area (Å²) >= 11 is 0. The third-order valence-corrected chi connectivity index (χ3v) is 5.70. The van der Waals surface area contributed by atoms with E-state index in [2.05, 4.69) is 49.7 Å². The Morgan fingerprint density at radius 3 is 2.29 bits per heavy atom. The molecule has 21 heavy (non-hydrogen) atoms. The lowest BCUT2D eigenvalue weighted by molar-refractivity contribution is 0.0565. The molecular weight excluding hydrogens is 258 g/mol. The van der Waals surface area contributed by atoms with E-state index >= 15 is 0 Å². The van der Waals surface area contributed by atoms with E-state index in [9.17, 15) is 0 Å². The second-order valence-corrected chi connectivity index (χ2v) is 8.22. The molecule has 0 aromatic rings. The van der Waals surface area contributed by atoms with E-state index < -0.39 is 0 Å². The maximum atomic E-state index is 3.79. The molecule has 0 bridgehead atoms. The predicted octanol–water partition coefficient (Wildman–Crippen LogP) is 2.82. The molecule has 0 aliphatic carbocycles. The highest BCUT2D eigenvalue weighted by Crippen LogP contribution is 2.26. The average Bonchev–Trinajstić information content (AvgIpc) is 2.47. The van der Waals surface area contributed by atoms with E-state index in [0.29, 0.717) is 11.5 Å². The number of piperazine rings is 1. The highest BCUT2D eigenvalue weighted by Gasteiger charge is 2.34. The summed E-state index contributed by atoms with van der Waals surface area (Å²) in [5, 5.41) is 3.79. The van der Waals surface area contributed by atoms with Crippen molar-refractivity contribution in [1.29, 1.82) is 0 Å². The molecule has 3 heteroatoms. The van der Waals surface area contributed by atoms with Crippen LogP contribution in [0.4, 0.5) is 0 Å². The van der Waals surface area contributed by atoms with Gasteiger partial charge in [-0.15, -0.1) is 0 Å². The van der Waals surface area contributed by atoms with Crippen LogP contribution in [0.5, 0.6) is 0 Å². The quantitative estimate of drug-likeness (QED) is 0.860. The van der Waals surface area contributed by atoms with Gasteiger partial charge in [0.05, 0.1) is 0 Å². The van der Waals surface area contributed by atoms with Crippen molar-refractivity contribution in [2.75, 3.05) is 39.3 Å². The minimum Gasteiger partial charge on any atom is -0.311 e. The van der Waals surface area contributed by atoms with E-state index in [-0.39, 0.29) is 0 Å². The summed E-state index contributed by atoms with van der Waals surface area (Å²) in [7, 11) is 0. The summed E-state index contributed by atoms with van der Waals surface area (Å²) in [6.07, 6.45) is 4.07. The van der Waals surface area contributed by atoms with Gasteiger partial charge in [-0.2, -0.15) is 0 Å². The van der Waals surface area contributed by atoms with Gasteiger partial charge in [0.15, 0.2) is 0 Å². The van der Waals surface area contributed by atoms with Crippen LogP contribution in [-0.4, -0.2) is 61.2 Å². The molecule has 0 spiro atoms. The molecule has 2 unspecified atom stereocenters. The van der Waals surface area contributed by atoms with E-state index in [1.54, 1.807) is 0 Å². The Hall–Kier alpha value is -0.120. The van der Waals surface area contributed by atoms with Gasteiger partial charge in [-0.05, 0) is 50.2 Å². The van der Waals surface area contributed by atoms with E-state index in [1.165, 1.54) is 58.5 Å². The number of hydrogen-bond donors (Lipinski definition) is 1. The Kier molecular flexibility index (Phi) is 6.10. The summed E-state index contributed by atoms with van der Waals surface area (Å²) in [5.74, 6) is 0.917. The zero-order valence-electron chi connectivity index (χ0n) is 15.0. The first-order valence-electron chi connectivity index (χ1n) is 9.13. The Bertz CT molecular complexity index is 302. The van der Waals surface area contributed by atoms with Crippen molar-refractivity contribution in [2.24, 2.45) is 11.3 Å².